The fraction of sp³-hybridized carbons (Fsp3) is 0.364. The van der Waals surface area contributed by atoms with Gasteiger partial charge in [-0.05, 0) is 44.6 Å². The lowest BCUT2D eigenvalue weighted by molar-refractivity contribution is 0.284. The molecule has 0 bridgehead atoms. The number of anilines is 2. The summed E-state index contributed by atoms with van der Waals surface area (Å²) in [5, 5.41) is 0. The first-order chi connectivity index (χ1) is 13.2. The van der Waals surface area contributed by atoms with Crippen molar-refractivity contribution in [2.24, 2.45) is 9.98 Å². The first-order valence-electron chi connectivity index (χ1n) is 9.61. The molecule has 0 saturated heterocycles. The van der Waals surface area contributed by atoms with Gasteiger partial charge in [-0.15, -0.1) is 0 Å². The van der Waals surface area contributed by atoms with Gasteiger partial charge in [0, 0.05) is 48.0 Å². The van der Waals surface area contributed by atoms with Crippen LogP contribution in [0, 0.1) is 0 Å². The quantitative estimate of drug-likeness (QED) is 0.363. The lowest BCUT2D eigenvalue weighted by Crippen LogP contribution is -2.26. The highest BCUT2D eigenvalue weighted by Gasteiger charge is 2.01. The molecule has 0 amide bonds. The molecular weight excluding hydrogens is 334 g/mol. The predicted molar refractivity (Wildman–Crippen MR) is 118 cm³/mol. The number of aliphatic imine (C=N–C) groups is 2. The molecule has 0 unspecified atom stereocenters. The largest absolute Gasteiger partial charge is 0.398 e. The van der Waals surface area contributed by atoms with Gasteiger partial charge in [-0.3, -0.25) is 9.98 Å². The van der Waals surface area contributed by atoms with E-state index < -0.39 is 0 Å². The minimum absolute atomic E-state index is 0.772. The monoisotopic (exact) mass is 365 g/mol. The van der Waals surface area contributed by atoms with Crippen molar-refractivity contribution in [3.8, 4) is 0 Å². The Balaban J connectivity index is 1.63. The van der Waals surface area contributed by atoms with Crippen LogP contribution in [0.1, 0.15) is 30.9 Å². The Morgan fingerprint density at radius 1 is 0.778 bits per heavy atom. The Hall–Kier alpha value is -2.66. The molecule has 0 aliphatic carbocycles. The molecule has 2 aromatic rings. The van der Waals surface area contributed by atoms with Crippen LogP contribution in [-0.2, 0) is 0 Å². The summed E-state index contributed by atoms with van der Waals surface area (Å²) in [5.41, 5.74) is 15.3. The second-order valence-electron chi connectivity index (χ2n) is 6.47. The van der Waals surface area contributed by atoms with Crippen LogP contribution in [0.15, 0.2) is 58.5 Å². The number of benzene rings is 2. The number of rotatable bonds is 11. The molecule has 0 heterocycles. The Labute approximate surface area is 162 Å². The summed E-state index contributed by atoms with van der Waals surface area (Å²) >= 11 is 0. The number of nitrogens with two attached hydrogens (primary N) is 2. The maximum absolute atomic E-state index is 5.91. The molecule has 2 aromatic carbocycles. The molecule has 0 spiro atoms. The summed E-state index contributed by atoms with van der Waals surface area (Å²) < 4.78 is 0. The molecule has 0 atom stereocenters. The summed E-state index contributed by atoms with van der Waals surface area (Å²) in [7, 11) is 0. The number of nitrogen functional groups attached to an aromatic ring is 2. The van der Waals surface area contributed by atoms with Crippen molar-refractivity contribution in [1.82, 2.24) is 4.90 Å². The van der Waals surface area contributed by atoms with E-state index in [4.69, 9.17) is 11.5 Å². The highest BCUT2D eigenvalue weighted by molar-refractivity contribution is 5.87. The average Bonchev–Trinajstić information content (AvgIpc) is 2.68. The van der Waals surface area contributed by atoms with Crippen LogP contribution in [0.3, 0.4) is 0 Å². The van der Waals surface area contributed by atoms with E-state index >= 15 is 0 Å². The Morgan fingerprint density at radius 2 is 1.22 bits per heavy atom. The molecule has 27 heavy (non-hydrogen) atoms. The van der Waals surface area contributed by atoms with E-state index in [2.05, 4.69) is 21.8 Å². The van der Waals surface area contributed by atoms with E-state index in [0.717, 1.165) is 68.1 Å². The van der Waals surface area contributed by atoms with Crippen molar-refractivity contribution >= 4 is 23.8 Å². The zero-order chi connectivity index (χ0) is 19.3. The van der Waals surface area contributed by atoms with Crippen molar-refractivity contribution in [2.75, 3.05) is 44.2 Å². The Morgan fingerprint density at radius 3 is 1.63 bits per heavy atom. The van der Waals surface area contributed by atoms with E-state index in [0.29, 0.717) is 0 Å². The van der Waals surface area contributed by atoms with Crippen molar-refractivity contribution < 1.29 is 0 Å². The maximum Gasteiger partial charge on any atom is 0.0403 e. The third-order valence-electron chi connectivity index (χ3n) is 4.42. The molecular formula is C22H31N5. The van der Waals surface area contributed by atoms with Gasteiger partial charge in [-0.2, -0.15) is 0 Å². The Kier molecular flexibility index (Phi) is 9.07. The zero-order valence-electron chi connectivity index (χ0n) is 16.2. The van der Waals surface area contributed by atoms with E-state index in [1.165, 1.54) is 0 Å². The molecule has 2 rings (SSSR count). The first kappa shape index (κ1) is 20.6. The van der Waals surface area contributed by atoms with Gasteiger partial charge in [0.05, 0.1) is 0 Å². The van der Waals surface area contributed by atoms with Crippen LogP contribution < -0.4 is 11.5 Å². The molecule has 0 aliphatic rings. The standard InChI is InChI=1S/C22H31N5/c1-2-27(15-7-13-25-17-19-9-3-5-11-21(19)23)16-8-14-26-18-20-10-4-6-12-22(20)24/h3-6,9-12,17-18H,2,7-8,13-16,23-24H2,1H3. The molecule has 0 fully saturated rings. The molecule has 144 valence electrons. The van der Waals surface area contributed by atoms with Crippen molar-refractivity contribution in [2.45, 2.75) is 19.8 Å². The normalized spacial score (nSPS) is 11.8. The summed E-state index contributed by atoms with van der Waals surface area (Å²) in [6, 6.07) is 15.6. The minimum atomic E-state index is 0.772. The van der Waals surface area contributed by atoms with Crippen LogP contribution in [0.25, 0.3) is 0 Å². The minimum Gasteiger partial charge on any atom is -0.398 e. The van der Waals surface area contributed by atoms with E-state index in [1.807, 2.05) is 61.0 Å². The van der Waals surface area contributed by atoms with E-state index in [1.54, 1.807) is 0 Å². The lowest BCUT2D eigenvalue weighted by atomic mass is 10.2. The number of para-hydroxylation sites is 2. The number of hydrogen-bond donors (Lipinski definition) is 2. The van der Waals surface area contributed by atoms with Gasteiger partial charge in [-0.1, -0.05) is 43.3 Å². The molecule has 5 heteroatoms. The second-order valence-corrected chi connectivity index (χ2v) is 6.47. The summed E-state index contributed by atoms with van der Waals surface area (Å²) in [5.74, 6) is 0. The Bertz CT molecular complexity index is 677. The molecule has 0 radical (unpaired) electrons. The fourth-order valence-electron chi connectivity index (χ4n) is 2.78. The van der Waals surface area contributed by atoms with Gasteiger partial charge in [0.15, 0.2) is 0 Å². The molecule has 4 N–H and O–H groups in total. The SMILES string of the molecule is CCN(CCCN=Cc1ccccc1N)CCCN=Cc1ccccc1N. The van der Waals surface area contributed by atoms with Crippen LogP contribution in [0.2, 0.25) is 0 Å². The third-order valence-corrected chi connectivity index (χ3v) is 4.42. The third kappa shape index (κ3) is 7.62. The van der Waals surface area contributed by atoms with Gasteiger partial charge in [0.2, 0.25) is 0 Å². The van der Waals surface area contributed by atoms with Crippen LogP contribution in [0.5, 0.6) is 0 Å². The highest BCUT2D eigenvalue weighted by Crippen LogP contribution is 2.08. The predicted octanol–water partition coefficient (Wildman–Crippen LogP) is 3.49. The van der Waals surface area contributed by atoms with Crippen molar-refractivity contribution in [1.29, 1.82) is 0 Å². The van der Waals surface area contributed by atoms with Crippen molar-refractivity contribution in [3.05, 3.63) is 59.7 Å². The topological polar surface area (TPSA) is 80.0 Å². The van der Waals surface area contributed by atoms with Crippen LogP contribution in [-0.4, -0.2) is 50.1 Å². The highest BCUT2D eigenvalue weighted by atomic mass is 15.1. The zero-order valence-corrected chi connectivity index (χ0v) is 16.2. The van der Waals surface area contributed by atoms with Gasteiger partial charge < -0.3 is 16.4 Å². The average molecular weight is 366 g/mol. The van der Waals surface area contributed by atoms with E-state index in [9.17, 15) is 0 Å². The molecule has 0 saturated carbocycles. The van der Waals surface area contributed by atoms with E-state index in [-0.39, 0.29) is 0 Å². The molecule has 0 aliphatic heterocycles. The first-order valence-corrected chi connectivity index (χ1v) is 9.61. The fourth-order valence-corrected chi connectivity index (χ4v) is 2.78. The van der Waals surface area contributed by atoms with Gasteiger partial charge in [0.25, 0.3) is 0 Å². The molecule has 0 aromatic heterocycles. The van der Waals surface area contributed by atoms with Gasteiger partial charge >= 0.3 is 0 Å². The summed E-state index contributed by atoms with van der Waals surface area (Å²) in [4.78, 5) is 11.4. The van der Waals surface area contributed by atoms with Crippen LogP contribution >= 0.6 is 0 Å². The summed E-state index contributed by atoms with van der Waals surface area (Å²) in [6.07, 6.45) is 5.83. The van der Waals surface area contributed by atoms with Crippen molar-refractivity contribution in [3.63, 3.8) is 0 Å². The molecule has 5 nitrogen and oxygen atoms in total. The van der Waals surface area contributed by atoms with Crippen LogP contribution in [0.4, 0.5) is 11.4 Å². The lowest BCUT2D eigenvalue weighted by Gasteiger charge is -2.19. The number of nitrogens with zero attached hydrogens (tertiary/aromatic N) is 3. The smallest absolute Gasteiger partial charge is 0.0403 e. The van der Waals surface area contributed by atoms with Gasteiger partial charge in [-0.25, -0.2) is 0 Å². The second kappa shape index (κ2) is 11.9. The number of hydrogen-bond acceptors (Lipinski definition) is 5. The van der Waals surface area contributed by atoms with Gasteiger partial charge in [0.1, 0.15) is 0 Å². The summed E-state index contributed by atoms with van der Waals surface area (Å²) in [6.45, 7) is 6.97. The maximum atomic E-state index is 5.91.